The van der Waals surface area contributed by atoms with Gasteiger partial charge in [-0.1, -0.05) is 23.1 Å². The smallest absolute Gasteiger partial charge is 0.179 e. The Kier molecular flexibility index (Phi) is 3.83. The van der Waals surface area contributed by atoms with Crippen molar-refractivity contribution in [3.8, 4) is 5.75 Å². The molecule has 0 amide bonds. The van der Waals surface area contributed by atoms with E-state index in [-0.39, 0.29) is 5.84 Å². The van der Waals surface area contributed by atoms with E-state index >= 15 is 0 Å². The first-order valence-corrected chi connectivity index (χ1v) is 6.74. The first kappa shape index (κ1) is 12.8. The minimum absolute atomic E-state index is 0.0291. The summed E-state index contributed by atoms with van der Waals surface area (Å²) < 4.78 is 6.00. The second-order valence-electron chi connectivity index (χ2n) is 3.46. The third kappa shape index (κ3) is 2.80. The van der Waals surface area contributed by atoms with E-state index in [0.29, 0.717) is 5.56 Å². The minimum atomic E-state index is 0.0291. The number of hydrogen-bond donors (Lipinski definition) is 2. The molecule has 0 aliphatic carbocycles. The fourth-order valence-electron chi connectivity index (χ4n) is 1.35. The predicted molar refractivity (Wildman–Crippen MR) is 72.8 cm³/mol. The van der Waals surface area contributed by atoms with Gasteiger partial charge in [-0.3, -0.25) is 5.41 Å². The quantitative estimate of drug-likeness (QED) is 0.663. The van der Waals surface area contributed by atoms with Crippen LogP contribution in [0.3, 0.4) is 0 Å². The standard InChI is InChI=1S/C11H12N4OS2/c1-6-14-15-11(17-6)18-9-5-7(16-2)3-4-8(9)10(12)13/h3-5H,1-2H3,(H3,12,13). The summed E-state index contributed by atoms with van der Waals surface area (Å²) in [5.41, 5.74) is 6.24. The molecule has 1 aromatic heterocycles. The summed E-state index contributed by atoms with van der Waals surface area (Å²) in [4.78, 5) is 0.845. The van der Waals surface area contributed by atoms with Crippen molar-refractivity contribution in [3.05, 3.63) is 28.8 Å². The van der Waals surface area contributed by atoms with Crippen molar-refractivity contribution in [2.24, 2.45) is 5.73 Å². The van der Waals surface area contributed by atoms with Crippen LogP contribution < -0.4 is 10.5 Å². The van der Waals surface area contributed by atoms with E-state index < -0.39 is 0 Å². The van der Waals surface area contributed by atoms with E-state index in [1.54, 1.807) is 19.2 Å². The number of aryl methyl sites for hydroxylation is 1. The van der Waals surface area contributed by atoms with Crippen LogP contribution in [0.2, 0.25) is 0 Å². The summed E-state index contributed by atoms with van der Waals surface area (Å²) in [7, 11) is 1.60. The highest BCUT2D eigenvalue weighted by atomic mass is 32.2. The van der Waals surface area contributed by atoms with Crippen LogP contribution in [0.1, 0.15) is 10.6 Å². The molecule has 0 fully saturated rings. The van der Waals surface area contributed by atoms with Crippen LogP contribution in [-0.2, 0) is 0 Å². The van der Waals surface area contributed by atoms with E-state index in [2.05, 4.69) is 10.2 Å². The molecule has 0 saturated carbocycles. The number of aromatic nitrogens is 2. The van der Waals surface area contributed by atoms with Crippen LogP contribution in [-0.4, -0.2) is 23.1 Å². The van der Waals surface area contributed by atoms with Gasteiger partial charge in [0.25, 0.3) is 0 Å². The number of hydrogen-bond acceptors (Lipinski definition) is 6. The Hall–Kier alpha value is -1.60. The SMILES string of the molecule is COc1ccc(C(=N)N)c(Sc2nnc(C)s2)c1. The van der Waals surface area contributed by atoms with E-state index in [1.165, 1.54) is 23.1 Å². The summed E-state index contributed by atoms with van der Waals surface area (Å²) in [6, 6.07) is 5.40. The van der Waals surface area contributed by atoms with E-state index in [4.69, 9.17) is 15.9 Å². The Bertz CT molecular complexity index is 582. The molecule has 5 nitrogen and oxygen atoms in total. The van der Waals surface area contributed by atoms with Crippen molar-refractivity contribution in [1.29, 1.82) is 5.41 Å². The first-order valence-electron chi connectivity index (χ1n) is 5.10. The molecule has 7 heteroatoms. The van der Waals surface area contributed by atoms with Gasteiger partial charge in [0.1, 0.15) is 16.6 Å². The van der Waals surface area contributed by atoms with Gasteiger partial charge in [0, 0.05) is 10.5 Å². The Morgan fingerprint density at radius 2 is 2.22 bits per heavy atom. The number of amidine groups is 1. The third-order valence-corrected chi connectivity index (χ3v) is 4.13. The van der Waals surface area contributed by atoms with E-state index in [1.807, 2.05) is 13.0 Å². The fourth-order valence-corrected chi connectivity index (χ4v) is 3.30. The minimum Gasteiger partial charge on any atom is -0.497 e. The number of rotatable bonds is 4. The molecular weight excluding hydrogens is 268 g/mol. The molecule has 0 atom stereocenters. The molecule has 0 bridgehead atoms. The molecule has 0 saturated heterocycles. The van der Waals surface area contributed by atoms with E-state index in [9.17, 15) is 0 Å². The van der Waals surface area contributed by atoms with Crippen LogP contribution in [0.4, 0.5) is 0 Å². The number of benzene rings is 1. The summed E-state index contributed by atoms with van der Waals surface area (Å²) in [6.45, 7) is 1.90. The van der Waals surface area contributed by atoms with Gasteiger partial charge in [-0.2, -0.15) is 0 Å². The summed E-state index contributed by atoms with van der Waals surface area (Å²) in [6.07, 6.45) is 0. The number of nitrogens with zero attached hydrogens (tertiary/aromatic N) is 2. The lowest BCUT2D eigenvalue weighted by atomic mass is 10.2. The second kappa shape index (κ2) is 5.36. The monoisotopic (exact) mass is 280 g/mol. The van der Waals surface area contributed by atoms with Crippen molar-refractivity contribution in [2.45, 2.75) is 16.2 Å². The van der Waals surface area contributed by atoms with Crippen molar-refractivity contribution in [2.75, 3.05) is 7.11 Å². The Morgan fingerprint density at radius 3 is 2.78 bits per heavy atom. The lowest BCUT2D eigenvalue weighted by molar-refractivity contribution is 0.413. The largest absolute Gasteiger partial charge is 0.497 e. The van der Waals surface area contributed by atoms with Gasteiger partial charge in [0.05, 0.1) is 7.11 Å². The second-order valence-corrected chi connectivity index (χ2v) is 5.94. The zero-order chi connectivity index (χ0) is 13.1. The number of nitrogens with two attached hydrogens (primary N) is 1. The van der Waals surface area contributed by atoms with Gasteiger partial charge in [0.2, 0.25) is 0 Å². The summed E-state index contributed by atoms with van der Waals surface area (Å²) in [5.74, 6) is 0.755. The maximum atomic E-state index is 7.57. The van der Waals surface area contributed by atoms with Crippen LogP contribution in [0, 0.1) is 12.3 Å². The molecule has 1 heterocycles. The van der Waals surface area contributed by atoms with Gasteiger partial charge in [-0.25, -0.2) is 0 Å². The average Bonchev–Trinajstić information content (AvgIpc) is 2.74. The van der Waals surface area contributed by atoms with Crippen molar-refractivity contribution < 1.29 is 4.74 Å². The highest BCUT2D eigenvalue weighted by molar-refractivity contribution is 8.01. The molecule has 2 aromatic rings. The molecule has 0 aliphatic rings. The van der Waals surface area contributed by atoms with E-state index in [0.717, 1.165) is 20.0 Å². The van der Waals surface area contributed by atoms with Crippen molar-refractivity contribution >= 4 is 28.9 Å². The van der Waals surface area contributed by atoms with Gasteiger partial charge in [0.15, 0.2) is 4.34 Å². The number of ether oxygens (including phenoxy) is 1. The molecule has 2 rings (SSSR count). The van der Waals surface area contributed by atoms with Gasteiger partial charge >= 0.3 is 0 Å². The molecule has 0 aliphatic heterocycles. The Labute approximate surface area is 113 Å². The molecule has 0 unspecified atom stereocenters. The predicted octanol–water partition coefficient (Wildman–Crippen LogP) is 2.29. The lowest BCUT2D eigenvalue weighted by Gasteiger charge is -2.08. The molecule has 18 heavy (non-hydrogen) atoms. The number of nitrogen functional groups attached to an aromatic ring is 1. The molecule has 1 aromatic carbocycles. The number of nitrogens with one attached hydrogen (secondary N) is 1. The van der Waals surface area contributed by atoms with Crippen LogP contribution in [0.5, 0.6) is 5.75 Å². The van der Waals surface area contributed by atoms with Crippen LogP contribution in [0.25, 0.3) is 0 Å². The first-order chi connectivity index (χ1) is 8.60. The maximum absolute atomic E-state index is 7.57. The summed E-state index contributed by atoms with van der Waals surface area (Å²) >= 11 is 2.94. The zero-order valence-corrected chi connectivity index (χ0v) is 11.6. The molecule has 0 spiro atoms. The topological polar surface area (TPSA) is 84.9 Å². The van der Waals surface area contributed by atoms with Gasteiger partial charge in [-0.15, -0.1) is 10.2 Å². The Morgan fingerprint density at radius 1 is 1.44 bits per heavy atom. The average molecular weight is 280 g/mol. The summed E-state index contributed by atoms with van der Waals surface area (Å²) in [5, 5.41) is 16.5. The van der Waals surface area contributed by atoms with Crippen LogP contribution in [0.15, 0.2) is 27.4 Å². The maximum Gasteiger partial charge on any atom is 0.179 e. The van der Waals surface area contributed by atoms with Gasteiger partial charge < -0.3 is 10.5 Å². The lowest BCUT2D eigenvalue weighted by Crippen LogP contribution is -2.12. The van der Waals surface area contributed by atoms with Crippen molar-refractivity contribution in [3.63, 3.8) is 0 Å². The van der Waals surface area contributed by atoms with Crippen molar-refractivity contribution in [1.82, 2.24) is 10.2 Å². The zero-order valence-electron chi connectivity index (χ0n) is 9.93. The van der Waals surface area contributed by atoms with Gasteiger partial charge in [-0.05, 0) is 25.1 Å². The third-order valence-electron chi connectivity index (χ3n) is 2.18. The molecule has 94 valence electrons. The fraction of sp³-hybridized carbons (Fsp3) is 0.182. The molecule has 0 radical (unpaired) electrons. The highest BCUT2D eigenvalue weighted by Crippen LogP contribution is 2.34. The molecule has 3 N–H and O–H groups in total. The molecular formula is C11H12N4OS2. The highest BCUT2D eigenvalue weighted by Gasteiger charge is 2.11. The Balaban J connectivity index is 2.37. The normalized spacial score (nSPS) is 10.3. The number of methoxy groups -OCH3 is 1. The van der Waals surface area contributed by atoms with Crippen LogP contribution >= 0.6 is 23.1 Å².